The monoisotopic (exact) mass is 281 g/mol. The first-order chi connectivity index (χ1) is 9.52. The van der Waals surface area contributed by atoms with Gasteiger partial charge in [0.2, 0.25) is 5.95 Å². The third kappa shape index (κ3) is 1.77. The highest BCUT2D eigenvalue weighted by Crippen LogP contribution is 2.36. The molecule has 20 heavy (non-hydrogen) atoms. The number of hydrogen-bond acceptors (Lipinski definition) is 9. The molecule has 0 bridgehead atoms. The fraction of sp³-hybridized carbons (Fsp3) is 0.600. The van der Waals surface area contributed by atoms with Gasteiger partial charge < -0.3 is 26.8 Å². The quantitative estimate of drug-likeness (QED) is 0.404. The van der Waals surface area contributed by atoms with E-state index in [1.165, 1.54) is 4.68 Å². The average Bonchev–Trinajstić information content (AvgIpc) is 2.93. The number of rotatable bonds is 2. The lowest BCUT2D eigenvalue weighted by molar-refractivity contribution is -0.00511. The van der Waals surface area contributed by atoms with Gasteiger partial charge in [-0.05, 0) is 6.42 Å². The Morgan fingerprint density at radius 2 is 1.95 bits per heavy atom. The molecular formula is C10H15N7O3. The van der Waals surface area contributed by atoms with Crippen molar-refractivity contribution in [3.63, 3.8) is 0 Å². The van der Waals surface area contributed by atoms with Gasteiger partial charge in [0.15, 0.2) is 17.0 Å². The van der Waals surface area contributed by atoms with Crippen molar-refractivity contribution in [3.05, 3.63) is 0 Å². The van der Waals surface area contributed by atoms with Crippen LogP contribution < -0.4 is 11.5 Å². The maximum Gasteiger partial charge on any atom is 0.224 e. The molecule has 1 fully saturated rings. The molecule has 108 valence electrons. The minimum atomic E-state index is -1.07. The highest BCUT2D eigenvalue weighted by atomic mass is 16.3. The lowest BCUT2D eigenvalue weighted by Gasteiger charge is -2.16. The van der Waals surface area contributed by atoms with Crippen LogP contribution in [0.15, 0.2) is 0 Å². The second kappa shape index (κ2) is 4.51. The molecular weight excluding hydrogens is 266 g/mol. The number of hydrogen-bond donors (Lipinski definition) is 5. The van der Waals surface area contributed by atoms with E-state index < -0.39 is 24.2 Å². The van der Waals surface area contributed by atoms with Crippen molar-refractivity contribution < 1.29 is 15.3 Å². The first kappa shape index (κ1) is 13.0. The molecule has 0 aromatic carbocycles. The summed E-state index contributed by atoms with van der Waals surface area (Å²) in [5.74, 6) is -0.346. The van der Waals surface area contributed by atoms with E-state index in [9.17, 15) is 15.3 Å². The Bertz CT molecular complexity index is 645. The molecule has 0 radical (unpaired) electrons. The number of nitrogens with zero attached hydrogens (tertiary/aromatic N) is 5. The van der Waals surface area contributed by atoms with Gasteiger partial charge in [0.05, 0.1) is 12.1 Å². The van der Waals surface area contributed by atoms with Crippen LogP contribution in [0, 0.1) is 5.92 Å². The molecule has 10 nitrogen and oxygen atoms in total. The first-order valence-electron chi connectivity index (χ1n) is 6.13. The maximum atomic E-state index is 10.1. The van der Waals surface area contributed by atoms with Crippen molar-refractivity contribution >= 4 is 22.9 Å². The molecule has 2 heterocycles. The fourth-order valence-corrected chi connectivity index (χ4v) is 2.61. The number of anilines is 2. The van der Waals surface area contributed by atoms with Crippen LogP contribution in [0.2, 0.25) is 0 Å². The highest BCUT2D eigenvalue weighted by molar-refractivity contribution is 5.81. The molecule has 7 N–H and O–H groups in total. The molecule has 0 amide bonds. The van der Waals surface area contributed by atoms with Crippen LogP contribution in [-0.4, -0.2) is 59.1 Å². The molecule has 2 aromatic heterocycles. The maximum absolute atomic E-state index is 10.1. The number of aliphatic hydroxyl groups excluding tert-OH is 3. The van der Waals surface area contributed by atoms with Gasteiger partial charge in [0.25, 0.3) is 0 Å². The Morgan fingerprint density at radius 1 is 1.20 bits per heavy atom. The van der Waals surface area contributed by atoms with Gasteiger partial charge in [-0.1, -0.05) is 5.21 Å². The Kier molecular flexibility index (Phi) is 2.92. The second-order valence-electron chi connectivity index (χ2n) is 4.90. The summed E-state index contributed by atoms with van der Waals surface area (Å²) < 4.78 is 1.37. The normalized spacial score (nSPS) is 30.1. The molecule has 1 aliphatic rings. The number of nitrogens with two attached hydrogens (primary N) is 2. The number of aromatic nitrogens is 5. The molecule has 0 saturated heterocycles. The molecule has 3 rings (SSSR count). The number of nitrogen functional groups attached to an aromatic ring is 2. The zero-order chi connectivity index (χ0) is 14.4. The summed E-state index contributed by atoms with van der Waals surface area (Å²) in [6.45, 7) is -0.222. The van der Waals surface area contributed by atoms with E-state index in [2.05, 4.69) is 20.3 Å². The van der Waals surface area contributed by atoms with Crippen LogP contribution in [0.3, 0.4) is 0 Å². The van der Waals surface area contributed by atoms with Crippen molar-refractivity contribution in [2.45, 2.75) is 24.7 Å². The van der Waals surface area contributed by atoms with E-state index in [0.717, 1.165) is 0 Å². The van der Waals surface area contributed by atoms with E-state index in [-0.39, 0.29) is 23.9 Å². The molecule has 4 atom stereocenters. The summed E-state index contributed by atoms with van der Waals surface area (Å²) in [7, 11) is 0. The van der Waals surface area contributed by atoms with Gasteiger partial charge in [0, 0.05) is 12.5 Å². The van der Waals surface area contributed by atoms with Gasteiger partial charge in [-0.3, -0.25) is 0 Å². The van der Waals surface area contributed by atoms with Crippen LogP contribution in [-0.2, 0) is 0 Å². The van der Waals surface area contributed by atoms with Crippen LogP contribution in [0.5, 0.6) is 0 Å². The van der Waals surface area contributed by atoms with E-state index in [1.54, 1.807) is 0 Å². The summed E-state index contributed by atoms with van der Waals surface area (Å²) in [6, 6.07) is -0.555. The minimum absolute atomic E-state index is 0.0229. The molecule has 0 spiro atoms. The molecule has 0 unspecified atom stereocenters. The average molecular weight is 281 g/mol. The summed E-state index contributed by atoms with van der Waals surface area (Å²) >= 11 is 0. The zero-order valence-corrected chi connectivity index (χ0v) is 10.5. The van der Waals surface area contributed by atoms with E-state index in [4.69, 9.17) is 11.5 Å². The van der Waals surface area contributed by atoms with Crippen molar-refractivity contribution in [1.29, 1.82) is 0 Å². The minimum Gasteiger partial charge on any atom is -0.396 e. The third-order valence-electron chi connectivity index (χ3n) is 3.69. The largest absolute Gasteiger partial charge is 0.396 e. The Labute approximate surface area is 113 Å². The Balaban J connectivity index is 2.07. The predicted octanol–water partition coefficient (Wildman–Crippen LogP) is -2.34. The van der Waals surface area contributed by atoms with E-state index in [0.29, 0.717) is 12.1 Å². The Morgan fingerprint density at radius 3 is 2.60 bits per heavy atom. The summed E-state index contributed by atoms with van der Waals surface area (Å²) in [5.41, 5.74) is 11.8. The van der Waals surface area contributed by atoms with E-state index >= 15 is 0 Å². The van der Waals surface area contributed by atoms with Crippen LogP contribution in [0.25, 0.3) is 11.2 Å². The van der Waals surface area contributed by atoms with Crippen molar-refractivity contribution in [1.82, 2.24) is 25.0 Å². The SMILES string of the molecule is Nc1nc(N)c2nnn([C@@H]3C[C@H](CO)[C@H](O)[C@@H]3O)c2n1. The molecule has 0 aliphatic heterocycles. The summed E-state index contributed by atoms with van der Waals surface area (Å²) in [4.78, 5) is 7.80. The van der Waals surface area contributed by atoms with Gasteiger partial charge in [-0.25, -0.2) is 4.68 Å². The van der Waals surface area contributed by atoms with Gasteiger partial charge in [-0.2, -0.15) is 9.97 Å². The van der Waals surface area contributed by atoms with Crippen molar-refractivity contribution in [3.8, 4) is 0 Å². The molecule has 1 saturated carbocycles. The summed E-state index contributed by atoms with van der Waals surface area (Å²) in [5, 5.41) is 36.9. The molecule has 10 heteroatoms. The van der Waals surface area contributed by atoms with Gasteiger partial charge in [-0.15, -0.1) is 5.10 Å². The summed E-state index contributed by atoms with van der Waals surface area (Å²) in [6.07, 6.45) is -1.75. The lowest BCUT2D eigenvalue weighted by atomic mass is 10.1. The third-order valence-corrected chi connectivity index (χ3v) is 3.69. The fourth-order valence-electron chi connectivity index (χ4n) is 2.61. The van der Waals surface area contributed by atoms with Crippen molar-refractivity contribution in [2.75, 3.05) is 18.1 Å². The Hall–Kier alpha value is -2.04. The molecule has 1 aliphatic carbocycles. The number of aliphatic hydroxyl groups is 3. The first-order valence-corrected chi connectivity index (χ1v) is 6.13. The van der Waals surface area contributed by atoms with Crippen LogP contribution >= 0.6 is 0 Å². The predicted molar refractivity (Wildman–Crippen MR) is 68.2 cm³/mol. The van der Waals surface area contributed by atoms with Crippen LogP contribution in [0.4, 0.5) is 11.8 Å². The smallest absolute Gasteiger partial charge is 0.224 e. The molecule has 2 aromatic rings. The highest BCUT2D eigenvalue weighted by Gasteiger charge is 2.43. The van der Waals surface area contributed by atoms with Gasteiger partial charge in [0.1, 0.15) is 6.10 Å². The van der Waals surface area contributed by atoms with Crippen LogP contribution in [0.1, 0.15) is 12.5 Å². The number of fused-ring (bicyclic) bond motifs is 1. The topological polar surface area (TPSA) is 169 Å². The van der Waals surface area contributed by atoms with E-state index in [1.807, 2.05) is 0 Å². The second-order valence-corrected chi connectivity index (χ2v) is 4.90. The van der Waals surface area contributed by atoms with Crippen molar-refractivity contribution in [2.24, 2.45) is 5.92 Å². The zero-order valence-electron chi connectivity index (χ0n) is 10.5. The standard InChI is InChI=1S/C10H15N7O3/c11-8-5-9(14-10(12)13-8)17(16-15-5)4-1-3(2-18)6(19)7(4)20/h3-4,6-7,18-20H,1-2H2,(H4,11,12,13,14)/t3-,4-,6+,7-/m1/s1. The van der Waals surface area contributed by atoms with Gasteiger partial charge >= 0.3 is 0 Å². The lowest BCUT2D eigenvalue weighted by Crippen LogP contribution is -2.30.